The van der Waals surface area contributed by atoms with E-state index in [4.69, 9.17) is 0 Å². The summed E-state index contributed by atoms with van der Waals surface area (Å²) in [6.07, 6.45) is -0.523. The molecule has 2 aromatic rings. The highest BCUT2D eigenvalue weighted by Gasteiger charge is 2.30. The molecule has 1 aliphatic rings. The van der Waals surface area contributed by atoms with Crippen molar-refractivity contribution >= 4 is 17.4 Å². The minimum Gasteiger partial charge on any atom is -0.372 e. The summed E-state index contributed by atoms with van der Waals surface area (Å²) in [7, 11) is 0. The highest BCUT2D eigenvalue weighted by Crippen LogP contribution is 2.31. The molecule has 27 heavy (non-hydrogen) atoms. The van der Waals surface area contributed by atoms with Crippen LogP contribution in [0.1, 0.15) is 30.4 Å². The Morgan fingerprint density at radius 3 is 2.37 bits per heavy atom. The number of nitrogens with zero attached hydrogens (tertiary/aromatic N) is 2. The molecule has 4 nitrogen and oxygen atoms in total. The van der Waals surface area contributed by atoms with Crippen molar-refractivity contribution in [2.24, 2.45) is 5.92 Å². The highest BCUT2D eigenvalue weighted by molar-refractivity contribution is 5.89. The number of pyridine rings is 1. The van der Waals surface area contributed by atoms with Gasteiger partial charge in [0.15, 0.2) is 0 Å². The van der Waals surface area contributed by atoms with Gasteiger partial charge < -0.3 is 10.2 Å². The fourth-order valence-electron chi connectivity index (χ4n) is 3.25. The number of carbonyl (C=O) groups excluding carboxylic acids is 1. The summed E-state index contributed by atoms with van der Waals surface area (Å²) in [6.45, 7) is 3.39. The van der Waals surface area contributed by atoms with Gasteiger partial charge in [-0.05, 0) is 61.6 Å². The third-order valence-electron chi connectivity index (χ3n) is 4.83. The van der Waals surface area contributed by atoms with Crippen LogP contribution in [0.4, 0.5) is 24.7 Å². The minimum absolute atomic E-state index is 0.0562. The number of anilines is 2. The van der Waals surface area contributed by atoms with Crippen molar-refractivity contribution in [1.29, 1.82) is 0 Å². The van der Waals surface area contributed by atoms with E-state index in [1.807, 2.05) is 13.0 Å². The van der Waals surface area contributed by atoms with Gasteiger partial charge in [0.1, 0.15) is 5.82 Å². The smallest absolute Gasteiger partial charge is 0.372 e. The standard InChI is InChI=1S/C20H22F3N3O/c1-14-2-7-18(24-13-14)25-19(27)12-15-8-10-26(11-9-15)17-5-3-16(4-6-17)20(21,22)23/h2-7,13,15H,8-12H2,1H3,(H,24,25,27). The number of alkyl halides is 3. The van der Waals surface area contributed by atoms with Crippen LogP contribution in [0.5, 0.6) is 0 Å². The predicted molar refractivity (Wildman–Crippen MR) is 98.6 cm³/mol. The first kappa shape index (κ1) is 19.2. The number of carbonyl (C=O) groups is 1. The SMILES string of the molecule is Cc1ccc(NC(=O)CC2CCN(c3ccc(C(F)(F)F)cc3)CC2)nc1. The lowest BCUT2D eigenvalue weighted by Gasteiger charge is -2.33. The van der Waals surface area contributed by atoms with Crippen molar-refractivity contribution in [2.75, 3.05) is 23.3 Å². The Bertz CT molecular complexity index is 765. The van der Waals surface area contributed by atoms with Gasteiger partial charge in [0.25, 0.3) is 0 Å². The number of hydrogen-bond acceptors (Lipinski definition) is 3. The summed E-state index contributed by atoms with van der Waals surface area (Å²) in [4.78, 5) is 18.4. The monoisotopic (exact) mass is 377 g/mol. The number of benzene rings is 1. The Labute approximate surface area is 156 Å². The van der Waals surface area contributed by atoms with E-state index in [0.29, 0.717) is 12.2 Å². The van der Waals surface area contributed by atoms with E-state index in [1.54, 1.807) is 12.3 Å². The molecule has 0 saturated carbocycles. The molecule has 1 aliphatic heterocycles. The van der Waals surface area contributed by atoms with Crippen LogP contribution in [0.25, 0.3) is 0 Å². The van der Waals surface area contributed by atoms with Crippen molar-refractivity contribution in [3.63, 3.8) is 0 Å². The normalized spacial score (nSPS) is 15.6. The van der Waals surface area contributed by atoms with Crippen LogP contribution in [0.2, 0.25) is 0 Å². The topological polar surface area (TPSA) is 45.2 Å². The van der Waals surface area contributed by atoms with Gasteiger partial charge in [-0.15, -0.1) is 0 Å². The molecule has 0 unspecified atom stereocenters. The maximum Gasteiger partial charge on any atom is 0.416 e. The van der Waals surface area contributed by atoms with Crippen LogP contribution in [0.15, 0.2) is 42.6 Å². The van der Waals surface area contributed by atoms with Gasteiger partial charge in [0, 0.05) is 31.4 Å². The zero-order valence-electron chi connectivity index (χ0n) is 15.1. The maximum absolute atomic E-state index is 12.7. The molecule has 1 amide bonds. The van der Waals surface area contributed by atoms with Crippen LogP contribution >= 0.6 is 0 Å². The van der Waals surface area contributed by atoms with E-state index >= 15 is 0 Å². The number of aromatic nitrogens is 1. The second kappa shape index (κ2) is 7.98. The van der Waals surface area contributed by atoms with Crippen molar-refractivity contribution in [3.05, 3.63) is 53.7 Å². The number of aryl methyl sites for hydroxylation is 1. The van der Waals surface area contributed by atoms with Crippen LogP contribution in [0.3, 0.4) is 0 Å². The summed E-state index contributed by atoms with van der Waals surface area (Å²) in [5.74, 6) is 0.758. The van der Waals surface area contributed by atoms with Crippen molar-refractivity contribution in [2.45, 2.75) is 32.4 Å². The molecular weight excluding hydrogens is 355 g/mol. The van der Waals surface area contributed by atoms with E-state index in [9.17, 15) is 18.0 Å². The number of piperidine rings is 1. The molecule has 144 valence electrons. The molecule has 1 saturated heterocycles. The lowest BCUT2D eigenvalue weighted by atomic mass is 9.93. The molecule has 3 rings (SSSR count). The van der Waals surface area contributed by atoms with Crippen molar-refractivity contribution in [1.82, 2.24) is 4.98 Å². The molecule has 0 bridgehead atoms. The van der Waals surface area contributed by atoms with Gasteiger partial charge in [-0.25, -0.2) is 4.98 Å². The number of amides is 1. The van der Waals surface area contributed by atoms with E-state index in [-0.39, 0.29) is 11.8 Å². The summed E-state index contributed by atoms with van der Waals surface area (Å²) >= 11 is 0. The van der Waals surface area contributed by atoms with Gasteiger partial charge in [-0.2, -0.15) is 13.2 Å². The fourth-order valence-corrected chi connectivity index (χ4v) is 3.25. The molecule has 0 aliphatic carbocycles. The average Bonchev–Trinajstić information content (AvgIpc) is 2.64. The number of rotatable bonds is 4. The Balaban J connectivity index is 1.48. The minimum atomic E-state index is -4.31. The predicted octanol–water partition coefficient (Wildman–Crippen LogP) is 4.65. The van der Waals surface area contributed by atoms with Gasteiger partial charge in [0.2, 0.25) is 5.91 Å². The summed E-state index contributed by atoms with van der Waals surface area (Å²) in [6, 6.07) is 8.93. The fraction of sp³-hybridized carbons (Fsp3) is 0.400. The second-order valence-corrected chi connectivity index (χ2v) is 6.95. The summed E-state index contributed by atoms with van der Waals surface area (Å²) in [5.41, 5.74) is 1.18. The molecule has 7 heteroatoms. The van der Waals surface area contributed by atoms with Crippen molar-refractivity contribution in [3.8, 4) is 0 Å². The van der Waals surface area contributed by atoms with Gasteiger partial charge in [0.05, 0.1) is 5.56 Å². The van der Waals surface area contributed by atoms with Crippen LogP contribution in [-0.4, -0.2) is 24.0 Å². The molecule has 1 aromatic heterocycles. The first-order chi connectivity index (χ1) is 12.8. The Hall–Kier alpha value is -2.57. The van der Waals surface area contributed by atoms with Crippen LogP contribution in [-0.2, 0) is 11.0 Å². The second-order valence-electron chi connectivity index (χ2n) is 6.95. The van der Waals surface area contributed by atoms with E-state index < -0.39 is 11.7 Å². The third-order valence-corrected chi connectivity index (χ3v) is 4.83. The first-order valence-corrected chi connectivity index (χ1v) is 8.96. The Kier molecular flexibility index (Phi) is 5.68. The van der Waals surface area contributed by atoms with Crippen LogP contribution < -0.4 is 10.2 Å². The zero-order valence-corrected chi connectivity index (χ0v) is 15.1. The molecule has 0 spiro atoms. The quantitative estimate of drug-likeness (QED) is 0.843. The maximum atomic E-state index is 12.7. The molecule has 1 fully saturated rings. The lowest BCUT2D eigenvalue weighted by Crippen LogP contribution is -2.35. The number of nitrogens with one attached hydrogen (secondary N) is 1. The molecule has 2 heterocycles. The molecule has 0 radical (unpaired) electrons. The zero-order chi connectivity index (χ0) is 19.4. The molecule has 1 aromatic carbocycles. The van der Waals surface area contributed by atoms with Gasteiger partial charge >= 0.3 is 6.18 Å². The summed E-state index contributed by atoms with van der Waals surface area (Å²) in [5, 5.41) is 2.81. The molecular formula is C20H22F3N3O. The molecule has 1 N–H and O–H groups in total. The van der Waals surface area contributed by atoms with E-state index in [1.165, 1.54) is 12.1 Å². The highest BCUT2D eigenvalue weighted by atomic mass is 19.4. The molecule has 0 atom stereocenters. The lowest BCUT2D eigenvalue weighted by molar-refractivity contribution is -0.137. The Morgan fingerprint density at radius 2 is 1.81 bits per heavy atom. The number of hydrogen-bond donors (Lipinski definition) is 1. The largest absolute Gasteiger partial charge is 0.416 e. The van der Waals surface area contributed by atoms with Crippen molar-refractivity contribution < 1.29 is 18.0 Å². The Morgan fingerprint density at radius 1 is 1.15 bits per heavy atom. The third kappa shape index (κ3) is 5.21. The van der Waals surface area contributed by atoms with E-state index in [2.05, 4.69) is 15.2 Å². The first-order valence-electron chi connectivity index (χ1n) is 8.96. The van der Waals surface area contributed by atoms with E-state index in [0.717, 1.165) is 49.3 Å². The summed E-state index contributed by atoms with van der Waals surface area (Å²) < 4.78 is 38.0. The van der Waals surface area contributed by atoms with Crippen LogP contribution in [0, 0.1) is 12.8 Å². The van der Waals surface area contributed by atoms with Gasteiger partial charge in [-0.3, -0.25) is 4.79 Å². The van der Waals surface area contributed by atoms with Gasteiger partial charge in [-0.1, -0.05) is 6.07 Å². The number of halogens is 3. The average molecular weight is 377 g/mol.